The Morgan fingerprint density at radius 2 is 2.00 bits per heavy atom. The van der Waals surface area contributed by atoms with Crippen LogP contribution in [0, 0.1) is 0 Å². The maximum atomic E-state index is 12.1. The highest BCUT2D eigenvalue weighted by atomic mass is 32.2. The van der Waals surface area contributed by atoms with Gasteiger partial charge >= 0.3 is 6.03 Å². The molecule has 0 aliphatic carbocycles. The fraction of sp³-hybridized carbons (Fsp3) is 0.182. The van der Waals surface area contributed by atoms with Crippen molar-refractivity contribution >= 4 is 16.1 Å². The second kappa shape index (κ2) is 4.21. The largest absolute Gasteiger partial charge is 0.331 e. The molecule has 5 nitrogen and oxygen atoms in total. The topological polar surface area (TPSA) is 66.5 Å². The predicted molar refractivity (Wildman–Crippen MR) is 62.9 cm³/mol. The molecule has 17 heavy (non-hydrogen) atoms. The summed E-state index contributed by atoms with van der Waals surface area (Å²) in [5.74, 6) is 0. The van der Waals surface area contributed by atoms with Gasteiger partial charge in [-0.25, -0.2) is 17.5 Å². The Hall–Kier alpha value is -1.82. The summed E-state index contributed by atoms with van der Waals surface area (Å²) in [4.78, 5) is 11.7. The van der Waals surface area contributed by atoms with Gasteiger partial charge in [0, 0.05) is 0 Å². The Labute approximate surface area is 99.8 Å². The van der Waals surface area contributed by atoms with Crippen LogP contribution in [0.2, 0.25) is 0 Å². The van der Waals surface area contributed by atoms with Crippen LogP contribution in [0.1, 0.15) is 0 Å². The quantitative estimate of drug-likeness (QED) is 0.815. The lowest BCUT2D eigenvalue weighted by atomic mass is 10.3. The maximum Gasteiger partial charge on any atom is 0.331 e. The van der Waals surface area contributed by atoms with Crippen molar-refractivity contribution in [2.45, 2.75) is 10.9 Å². The van der Waals surface area contributed by atoms with E-state index in [4.69, 9.17) is 0 Å². The first-order valence-electron chi connectivity index (χ1n) is 5.06. The van der Waals surface area contributed by atoms with Gasteiger partial charge in [-0.05, 0) is 12.1 Å². The lowest BCUT2D eigenvalue weighted by Crippen LogP contribution is -2.34. The van der Waals surface area contributed by atoms with E-state index in [9.17, 15) is 13.2 Å². The Kier molecular flexibility index (Phi) is 2.89. The molecule has 1 aliphatic heterocycles. The molecule has 0 bridgehead atoms. The molecule has 1 N–H and O–H groups in total. The molecule has 1 atom stereocenters. The van der Waals surface area contributed by atoms with Gasteiger partial charge in [-0.1, -0.05) is 24.3 Å². The number of carbonyl (C=O) groups excluding carboxylic acids is 1. The number of benzene rings is 1. The summed E-state index contributed by atoms with van der Waals surface area (Å²) in [5, 5.41) is 2.52. The minimum absolute atomic E-state index is 0.0829. The molecule has 1 unspecified atom stereocenters. The monoisotopic (exact) mass is 252 g/mol. The third-order valence-electron chi connectivity index (χ3n) is 2.51. The van der Waals surface area contributed by atoms with E-state index < -0.39 is 16.1 Å². The average Bonchev–Trinajstić information content (AvgIpc) is 2.72. The molecule has 0 spiro atoms. The summed E-state index contributed by atoms with van der Waals surface area (Å²) >= 11 is 0. The van der Waals surface area contributed by atoms with Crippen LogP contribution >= 0.6 is 0 Å². The minimum Gasteiger partial charge on any atom is -0.329 e. The summed E-state index contributed by atoms with van der Waals surface area (Å²) in [6.07, 6.45) is 1.51. The van der Waals surface area contributed by atoms with Crippen molar-refractivity contribution in [3.05, 3.63) is 43.0 Å². The molecule has 0 aromatic heterocycles. The highest BCUT2D eigenvalue weighted by molar-refractivity contribution is 7.89. The second-order valence-electron chi connectivity index (χ2n) is 3.64. The van der Waals surface area contributed by atoms with Crippen LogP contribution in [0.3, 0.4) is 0 Å². The first-order chi connectivity index (χ1) is 8.05. The van der Waals surface area contributed by atoms with Crippen molar-refractivity contribution in [3.63, 3.8) is 0 Å². The smallest absolute Gasteiger partial charge is 0.329 e. The zero-order valence-electron chi connectivity index (χ0n) is 9.04. The Morgan fingerprint density at radius 1 is 1.35 bits per heavy atom. The van der Waals surface area contributed by atoms with Gasteiger partial charge in [0.15, 0.2) is 0 Å². The molecule has 1 aromatic rings. The first-order valence-corrected chi connectivity index (χ1v) is 6.50. The van der Waals surface area contributed by atoms with E-state index in [1.165, 1.54) is 18.2 Å². The molecule has 0 radical (unpaired) electrons. The maximum absolute atomic E-state index is 12.1. The fourth-order valence-electron chi connectivity index (χ4n) is 1.60. The zero-order chi connectivity index (χ0) is 12.5. The van der Waals surface area contributed by atoms with Crippen molar-refractivity contribution in [1.29, 1.82) is 0 Å². The molecule has 2 rings (SSSR count). The fourth-order valence-corrected chi connectivity index (χ4v) is 2.98. The molecular weight excluding hydrogens is 240 g/mol. The van der Waals surface area contributed by atoms with Crippen LogP contribution in [0.25, 0.3) is 0 Å². The summed E-state index contributed by atoms with van der Waals surface area (Å²) < 4.78 is 25.1. The van der Waals surface area contributed by atoms with Gasteiger partial charge < -0.3 is 5.32 Å². The van der Waals surface area contributed by atoms with Crippen molar-refractivity contribution in [1.82, 2.24) is 9.62 Å². The van der Waals surface area contributed by atoms with Crippen molar-refractivity contribution < 1.29 is 13.2 Å². The molecule has 0 saturated carbocycles. The third-order valence-corrected chi connectivity index (χ3v) is 4.28. The van der Waals surface area contributed by atoms with Gasteiger partial charge in [0.05, 0.1) is 17.5 Å². The van der Waals surface area contributed by atoms with E-state index in [1.807, 2.05) is 0 Å². The molecule has 1 fully saturated rings. The molecule has 1 aromatic carbocycles. The molecule has 6 heteroatoms. The number of carbonyl (C=O) groups is 1. The van der Waals surface area contributed by atoms with Crippen molar-refractivity contribution in [3.8, 4) is 0 Å². The molecule has 90 valence electrons. The van der Waals surface area contributed by atoms with E-state index >= 15 is 0 Å². The minimum atomic E-state index is -3.76. The highest BCUT2D eigenvalue weighted by Gasteiger charge is 2.36. The number of rotatable bonds is 3. The van der Waals surface area contributed by atoms with Gasteiger partial charge in [-0.3, -0.25) is 0 Å². The van der Waals surface area contributed by atoms with E-state index in [0.717, 1.165) is 4.31 Å². The van der Waals surface area contributed by atoms with Crippen LogP contribution in [0.4, 0.5) is 4.79 Å². The summed E-state index contributed by atoms with van der Waals surface area (Å²) in [6, 6.07) is 6.93. The van der Waals surface area contributed by atoms with Crippen LogP contribution in [-0.4, -0.2) is 31.3 Å². The molecule has 1 aliphatic rings. The number of hydrogen-bond acceptors (Lipinski definition) is 3. The Morgan fingerprint density at radius 3 is 2.53 bits per heavy atom. The van der Waals surface area contributed by atoms with E-state index in [0.29, 0.717) is 0 Å². The summed E-state index contributed by atoms with van der Waals surface area (Å²) in [5.41, 5.74) is 0. The average molecular weight is 252 g/mol. The summed E-state index contributed by atoms with van der Waals surface area (Å²) in [6.45, 7) is 3.61. The van der Waals surface area contributed by atoms with Gasteiger partial charge in [0.2, 0.25) is 0 Å². The summed E-state index contributed by atoms with van der Waals surface area (Å²) in [7, 11) is -3.76. The van der Waals surface area contributed by atoms with E-state index in [1.54, 1.807) is 18.2 Å². The van der Waals surface area contributed by atoms with Crippen molar-refractivity contribution in [2.75, 3.05) is 6.54 Å². The van der Waals surface area contributed by atoms with Crippen LogP contribution in [0.5, 0.6) is 0 Å². The Balaban J connectivity index is 2.35. The van der Waals surface area contributed by atoms with Gasteiger partial charge in [0.1, 0.15) is 0 Å². The number of nitrogens with zero attached hydrogens (tertiary/aromatic N) is 1. The van der Waals surface area contributed by atoms with Crippen molar-refractivity contribution in [2.24, 2.45) is 0 Å². The van der Waals surface area contributed by atoms with Gasteiger partial charge in [-0.2, -0.15) is 0 Å². The molecule has 2 amide bonds. The van der Waals surface area contributed by atoms with Gasteiger partial charge in [-0.15, -0.1) is 6.58 Å². The van der Waals surface area contributed by atoms with Crippen LogP contribution in [0.15, 0.2) is 47.9 Å². The second-order valence-corrected chi connectivity index (χ2v) is 5.50. The van der Waals surface area contributed by atoms with Crippen LogP contribution < -0.4 is 5.32 Å². The normalized spacial score (nSPS) is 20.1. The number of amides is 2. The highest BCUT2D eigenvalue weighted by Crippen LogP contribution is 2.18. The van der Waals surface area contributed by atoms with E-state index in [2.05, 4.69) is 11.9 Å². The Bertz CT molecular complexity index is 539. The standard InChI is InChI=1S/C11H12N2O3S/c1-2-9-8-13(11(14)12-9)17(15,16)10-6-4-3-5-7-10/h2-7,9H,1,8H2,(H,12,14). The number of nitrogens with one attached hydrogen (secondary N) is 1. The SMILES string of the molecule is C=CC1CN(S(=O)(=O)c2ccccc2)C(=O)N1. The number of hydrogen-bond donors (Lipinski definition) is 1. The van der Waals surface area contributed by atoms with E-state index in [-0.39, 0.29) is 17.5 Å². The first kappa shape index (κ1) is 11.7. The number of urea groups is 1. The number of sulfonamides is 1. The third kappa shape index (κ3) is 2.03. The van der Waals surface area contributed by atoms with Gasteiger partial charge in [0.25, 0.3) is 10.0 Å². The molecular formula is C11H12N2O3S. The molecule has 1 heterocycles. The predicted octanol–water partition coefficient (Wildman–Crippen LogP) is 0.955. The lowest BCUT2D eigenvalue weighted by molar-refractivity contribution is 0.235. The molecule has 1 saturated heterocycles. The lowest BCUT2D eigenvalue weighted by Gasteiger charge is -2.14. The van der Waals surface area contributed by atoms with Crippen LogP contribution in [-0.2, 0) is 10.0 Å². The zero-order valence-corrected chi connectivity index (χ0v) is 9.85.